The number of hydrogen-bond acceptors (Lipinski definition) is 1. The number of hydrogen-bond donors (Lipinski definition) is 1. The summed E-state index contributed by atoms with van der Waals surface area (Å²) < 4.78 is 0. The predicted octanol–water partition coefficient (Wildman–Crippen LogP) is 10.3. The number of carboxylic acid groups (broad SMARTS) is 1. The van der Waals surface area contributed by atoms with Gasteiger partial charge >= 0.3 is 5.97 Å². The third-order valence-electron chi connectivity index (χ3n) is 7.04. The number of aliphatic carboxylic acids is 1. The van der Waals surface area contributed by atoms with Crippen LogP contribution in [0.3, 0.4) is 0 Å². The quantitative estimate of drug-likeness (QED) is 0.144. The van der Waals surface area contributed by atoms with Crippen LogP contribution in [0.25, 0.3) is 0 Å². The summed E-state index contributed by atoms with van der Waals surface area (Å²) in [5.41, 5.74) is 0. The lowest BCUT2D eigenvalue weighted by Gasteiger charge is -2.19. The largest absolute Gasteiger partial charge is 0.481 e. The van der Waals surface area contributed by atoms with Crippen LogP contribution in [0.15, 0.2) is 0 Å². The van der Waals surface area contributed by atoms with Gasteiger partial charge in [0.25, 0.3) is 0 Å². The molecule has 2 heteroatoms. The van der Waals surface area contributed by atoms with Crippen molar-refractivity contribution in [2.24, 2.45) is 11.8 Å². The van der Waals surface area contributed by atoms with Gasteiger partial charge < -0.3 is 5.11 Å². The summed E-state index contributed by atoms with van der Waals surface area (Å²) in [6, 6.07) is 0. The first-order valence-electron chi connectivity index (χ1n) is 14.3. The highest BCUT2D eigenvalue weighted by atomic mass is 16.4. The molecule has 0 aromatic carbocycles. The van der Waals surface area contributed by atoms with E-state index in [1.807, 2.05) is 6.92 Å². The molecule has 31 heavy (non-hydrogen) atoms. The zero-order valence-electron chi connectivity index (χ0n) is 21.8. The fourth-order valence-corrected chi connectivity index (χ4v) is 4.82. The molecule has 0 saturated heterocycles. The first kappa shape index (κ1) is 30.5. The highest BCUT2D eigenvalue weighted by molar-refractivity contribution is 5.69. The third kappa shape index (κ3) is 22.5. The molecule has 0 aliphatic carbocycles. The van der Waals surface area contributed by atoms with Gasteiger partial charge in [0, 0.05) is 0 Å². The Morgan fingerprint density at radius 2 is 0.839 bits per heavy atom. The van der Waals surface area contributed by atoms with Gasteiger partial charge in [-0.2, -0.15) is 0 Å². The summed E-state index contributed by atoms with van der Waals surface area (Å²) in [5, 5.41) is 9.32. The van der Waals surface area contributed by atoms with Crippen LogP contribution in [0.2, 0.25) is 0 Å². The monoisotopic (exact) mass is 438 g/mol. The van der Waals surface area contributed by atoms with Gasteiger partial charge in [-0.05, 0) is 12.3 Å². The van der Waals surface area contributed by atoms with Gasteiger partial charge in [0.1, 0.15) is 0 Å². The molecule has 0 aliphatic rings. The second-order valence-corrected chi connectivity index (χ2v) is 10.3. The lowest BCUT2D eigenvalue weighted by molar-refractivity contribution is -0.141. The Bertz CT molecular complexity index is 366. The molecule has 0 fully saturated rings. The van der Waals surface area contributed by atoms with Crippen molar-refractivity contribution in [3.05, 3.63) is 0 Å². The summed E-state index contributed by atoms with van der Waals surface area (Å²) in [4.78, 5) is 11.3. The lowest BCUT2D eigenvalue weighted by atomic mass is 9.87. The van der Waals surface area contributed by atoms with Gasteiger partial charge in [0.05, 0.1) is 5.92 Å². The maximum Gasteiger partial charge on any atom is 0.306 e. The van der Waals surface area contributed by atoms with Crippen LogP contribution < -0.4 is 0 Å². The SMILES string of the molecule is CCCCCCCCCCCCCC(CCCCCCCCCCC)CC(C)C(=O)O. The van der Waals surface area contributed by atoms with Crippen LogP contribution in [0.5, 0.6) is 0 Å². The summed E-state index contributed by atoms with van der Waals surface area (Å²) in [5.74, 6) is -0.179. The van der Waals surface area contributed by atoms with Crippen LogP contribution in [-0.4, -0.2) is 11.1 Å². The minimum atomic E-state index is -0.615. The molecule has 0 aromatic rings. The molecule has 0 radical (unpaired) electrons. The molecule has 0 bridgehead atoms. The molecule has 0 rings (SSSR count). The third-order valence-corrected chi connectivity index (χ3v) is 7.04. The smallest absolute Gasteiger partial charge is 0.306 e. The molecular weight excluding hydrogens is 380 g/mol. The summed E-state index contributed by atoms with van der Waals surface area (Å²) in [6.07, 6.45) is 30.9. The van der Waals surface area contributed by atoms with E-state index < -0.39 is 5.97 Å². The summed E-state index contributed by atoms with van der Waals surface area (Å²) in [7, 11) is 0. The first-order valence-corrected chi connectivity index (χ1v) is 14.3. The van der Waals surface area contributed by atoms with E-state index in [4.69, 9.17) is 0 Å². The maximum atomic E-state index is 11.3. The van der Waals surface area contributed by atoms with Crippen LogP contribution in [0.1, 0.15) is 168 Å². The Morgan fingerprint density at radius 3 is 1.13 bits per heavy atom. The number of carbonyl (C=O) groups is 1. The number of carboxylic acids is 1. The van der Waals surface area contributed by atoms with Crippen molar-refractivity contribution >= 4 is 5.97 Å². The molecule has 0 amide bonds. The van der Waals surface area contributed by atoms with Crippen molar-refractivity contribution in [1.29, 1.82) is 0 Å². The van der Waals surface area contributed by atoms with E-state index in [2.05, 4.69) is 13.8 Å². The maximum absolute atomic E-state index is 11.3. The van der Waals surface area contributed by atoms with Gasteiger partial charge in [0.2, 0.25) is 0 Å². The van der Waals surface area contributed by atoms with E-state index in [0.717, 1.165) is 6.42 Å². The van der Waals surface area contributed by atoms with E-state index in [9.17, 15) is 9.90 Å². The minimum Gasteiger partial charge on any atom is -0.481 e. The zero-order chi connectivity index (χ0) is 23.0. The molecule has 2 atom stereocenters. The topological polar surface area (TPSA) is 37.3 Å². The van der Waals surface area contributed by atoms with Gasteiger partial charge in [-0.1, -0.05) is 162 Å². The van der Waals surface area contributed by atoms with Crippen molar-refractivity contribution in [3.63, 3.8) is 0 Å². The average Bonchev–Trinajstić information content (AvgIpc) is 2.75. The van der Waals surface area contributed by atoms with Gasteiger partial charge in [-0.3, -0.25) is 4.79 Å². The van der Waals surface area contributed by atoms with Crippen LogP contribution in [0, 0.1) is 11.8 Å². The predicted molar refractivity (Wildman–Crippen MR) is 138 cm³/mol. The van der Waals surface area contributed by atoms with Crippen LogP contribution >= 0.6 is 0 Å². The molecular formula is C29H58O2. The second kappa shape index (κ2) is 24.1. The first-order chi connectivity index (χ1) is 15.1. The Balaban J connectivity index is 3.79. The van der Waals surface area contributed by atoms with Crippen molar-refractivity contribution in [2.75, 3.05) is 0 Å². The molecule has 1 N–H and O–H groups in total. The molecule has 2 unspecified atom stereocenters. The van der Waals surface area contributed by atoms with Crippen LogP contribution in [0.4, 0.5) is 0 Å². The van der Waals surface area contributed by atoms with Crippen molar-refractivity contribution in [2.45, 2.75) is 168 Å². The Hall–Kier alpha value is -0.530. The van der Waals surface area contributed by atoms with Crippen molar-refractivity contribution in [1.82, 2.24) is 0 Å². The van der Waals surface area contributed by atoms with E-state index >= 15 is 0 Å². The zero-order valence-corrected chi connectivity index (χ0v) is 21.8. The molecule has 0 saturated carbocycles. The van der Waals surface area contributed by atoms with E-state index in [-0.39, 0.29) is 5.92 Å². The van der Waals surface area contributed by atoms with Crippen LogP contribution in [-0.2, 0) is 4.79 Å². The number of rotatable bonds is 25. The van der Waals surface area contributed by atoms with Crippen molar-refractivity contribution < 1.29 is 9.90 Å². The Labute approximate surface area is 196 Å². The van der Waals surface area contributed by atoms with Crippen molar-refractivity contribution in [3.8, 4) is 0 Å². The molecule has 0 aromatic heterocycles. The van der Waals surface area contributed by atoms with Gasteiger partial charge in [-0.15, -0.1) is 0 Å². The van der Waals surface area contributed by atoms with E-state index in [1.54, 1.807) is 0 Å². The normalized spacial score (nSPS) is 13.4. The average molecular weight is 439 g/mol. The highest BCUT2D eigenvalue weighted by Gasteiger charge is 2.17. The van der Waals surface area contributed by atoms with Gasteiger partial charge in [0.15, 0.2) is 0 Å². The highest BCUT2D eigenvalue weighted by Crippen LogP contribution is 2.25. The fourth-order valence-electron chi connectivity index (χ4n) is 4.82. The van der Waals surface area contributed by atoms with Gasteiger partial charge in [-0.25, -0.2) is 0 Å². The summed E-state index contributed by atoms with van der Waals surface area (Å²) >= 11 is 0. The molecule has 186 valence electrons. The summed E-state index contributed by atoms with van der Waals surface area (Å²) in [6.45, 7) is 6.45. The standard InChI is InChI=1S/C29H58O2/c1-4-6-8-10-12-14-15-17-19-21-23-25-28(26-27(3)29(30)31)24-22-20-18-16-13-11-9-7-5-2/h27-28H,4-26H2,1-3H3,(H,30,31). The van der Waals surface area contributed by atoms with E-state index in [0.29, 0.717) is 5.92 Å². The second-order valence-electron chi connectivity index (χ2n) is 10.3. The Kier molecular flexibility index (Phi) is 23.7. The lowest BCUT2D eigenvalue weighted by Crippen LogP contribution is -2.15. The van der Waals surface area contributed by atoms with E-state index in [1.165, 1.54) is 141 Å². The molecule has 2 nitrogen and oxygen atoms in total. The molecule has 0 heterocycles. The number of unbranched alkanes of at least 4 members (excludes halogenated alkanes) is 18. The minimum absolute atomic E-state index is 0.184. The fraction of sp³-hybridized carbons (Fsp3) is 0.966. The molecule has 0 aliphatic heterocycles. The Morgan fingerprint density at radius 1 is 0.548 bits per heavy atom. The molecule has 0 spiro atoms.